The van der Waals surface area contributed by atoms with Gasteiger partial charge in [0.25, 0.3) is 0 Å². The number of carbonyl (C=O) groups is 2. The molecule has 0 aliphatic carbocycles. The summed E-state index contributed by atoms with van der Waals surface area (Å²) in [6.45, 7) is 8.79. The third-order valence-corrected chi connectivity index (χ3v) is 3.07. The van der Waals surface area contributed by atoms with Gasteiger partial charge in [0.2, 0.25) is 5.91 Å². The fourth-order valence-electron chi connectivity index (χ4n) is 1.82. The van der Waals surface area contributed by atoms with Gasteiger partial charge in [0, 0.05) is 13.1 Å². The topological polar surface area (TPSA) is 77.3 Å². The van der Waals surface area contributed by atoms with E-state index in [4.69, 9.17) is 4.74 Å². The molecule has 1 aromatic rings. The van der Waals surface area contributed by atoms with Crippen LogP contribution in [0.25, 0.3) is 0 Å². The van der Waals surface area contributed by atoms with Crippen molar-refractivity contribution in [1.82, 2.24) is 19.9 Å². The van der Waals surface area contributed by atoms with E-state index in [0.717, 1.165) is 19.5 Å². The molecule has 7 nitrogen and oxygen atoms in total. The molecule has 1 fully saturated rings. The molecule has 20 heavy (non-hydrogen) atoms. The predicted octanol–water partition coefficient (Wildman–Crippen LogP) is 0.774. The molecule has 1 saturated heterocycles. The molecule has 0 unspecified atom stereocenters. The van der Waals surface area contributed by atoms with Gasteiger partial charge in [-0.05, 0) is 34.1 Å². The van der Waals surface area contributed by atoms with Gasteiger partial charge < -0.3 is 9.64 Å². The van der Waals surface area contributed by atoms with Gasteiger partial charge in [0.05, 0.1) is 5.69 Å². The van der Waals surface area contributed by atoms with Gasteiger partial charge in [0.1, 0.15) is 12.1 Å². The molecule has 0 aromatic carbocycles. The maximum Gasteiger partial charge on any atom is 0.361 e. The van der Waals surface area contributed by atoms with E-state index in [1.54, 1.807) is 32.6 Å². The van der Waals surface area contributed by atoms with Crippen LogP contribution in [-0.2, 0) is 16.1 Å². The van der Waals surface area contributed by atoms with Crippen LogP contribution in [0.15, 0.2) is 0 Å². The first-order chi connectivity index (χ1) is 9.28. The zero-order chi connectivity index (χ0) is 14.9. The molecular formula is C13H20N4O3. The van der Waals surface area contributed by atoms with Crippen molar-refractivity contribution in [3.05, 3.63) is 11.4 Å². The number of hydrogen-bond acceptors (Lipinski definition) is 5. The second kappa shape index (κ2) is 5.22. The fraction of sp³-hybridized carbons (Fsp3) is 0.692. The molecule has 0 bridgehead atoms. The molecule has 0 spiro atoms. The lowest BCUT2D eigenvalue weighted by atomic mass is 10.2. The van der Waals surface area contributed by atoms with E-state index >= 15 is 0 Å². The van der Waals surface area contributed by atoms with Crippen LogP contribution in [0.5, 0.6) is 0 Å². The van der Waals surface area contributed by atoms with Crippen molar-refractivity contribution in [3.8, 4) is 0 Å². The van der Waals surface area contributed by atoms with Crippen molar-refractivity contribution < 1.29 is 14.3 Å². The highest BCUT2D eigenvalue weighted by atomic mass is 16.6. The van der Waals surface area contributed by atoms with E-state index in [2.05, 4.69) is 10.3 Å². The van der Waals surface area contributed by atoms with Crippen LogP contribution in [0, 0.1) is 6.92 Å². The first kappa shape index (κ1) is 14.5. The summed E-state index contributed by atoms with van der Waals surface area (Å²) < 4.78 is 6.70. The smallest absolute Gasteiger partial charge is 0.361 e. The zero-order valence-electron chi connectivity index (χ0n) is 12.3. The number of nitrogens with zero attached hydrogens (tertiary/aromatic N) is 4. The van der Waals surface area contributed by atoms with Crippen molar-refractivity contribution in [2.75, 3.05) is 13.1 Å². The maximum atomic E-state index is 11.9. The van der Waals surface area contributed by atoms with Gasteiger partial charge in [-0.2, -0.15) is 0 Å². The Labute approximate surface area is 117 Å². The number of likely N-dealkylation sites (tertiary alicyclic amines) is 1. The van der Waals surface area contributed by atoms with Crippen molar-refractivity contribution in [2.24, 2.45) is 0 Å². The standard InChI is InChI=1S/C13H20N4O3/c1-9-11(12(19)20-13(2,3)4)14-15-17(9)8-10(18)16-6-5-7-16/h5-8H2,1-4H3. The summed E-state index contributed by atoms with van der Waals surface area (Å²) in [5.74, 6) is -0.516. The van der Waals surface area contributed by atoms with Crippen molar-refractivity contribution in [3.63, 3.8) is 0 Å². The predicted molar refractivity (Wildman–Crippen MR) is 71.1 cm³/mol. The maximum absolute atomic E-state index is 11.9. The Hall–Kier alpha value is -1.92. The van der Waals surface area contributed by atoms with Crippen LogP contribution in [0.3, 0.4) is 0 Å². The second-order valence-corrected chi connectivity index (χ2v) is 5.92. The largest absolute Gasteiger partial charge is 0.455 e. The van der Waals surface area contributed by atoms with Crippen molar-refractivity contribution in [2.45, 2.75) is 46.3 Å². The van der Waals surface area contributed by atoms with Crippen LogP contribution >= 0.6 is 0 Å². The molecule has 0 atom stereocenters. The highest BCUT2D eigenvalue weighted by molar-refractivity contribution is 5.88. The third kappa shape index (κ3) is 3.15. The van der Waals surface area contributed by atoms with E-state index in [1.807, 2.05) is 0 Å². The monoisotopic (exact) mass is 280 g/mol. The van der Waals surface area contributed by atoms with E-state index in [0.29, 0.717) is 5.69 Å². The van der Waals surface area contributed by atoms with E-state index in [1.165, 1.54) is 4.68 Å². The van der Waals surface area contributed by atoms with Gasteiger partial charge in [-0.15, -0.1) is 5.10 Å². The minimum absolute atomic E-state index is 0.0000104. The normalized spacial score (nSPS) is 14.9. The number of rotatable bonds is 3. The van der Waals surface area contributed by atoms with Crippen LogP contribution in [-0.4, -0.2) is 50.5 Å². The molecule has 0 saturated carbocycles. The Morgan fingerprint density at radius 1 is 1.30 bits per heavy atom. The summed E-state index contributed by atoms with van der Waals surface area (Å²) in [5.41, 5.74) is 0.130. The summed E-state index contributed by atoms with van der Waals surface area (Å²) >= 11 is 0. The Bertz CT molecular complexity index is 526. The lowest BCUT2D eigenvalue weighted by Crippen LogP contribution is -2.43. The molecule has 2 heterocycles. The highest BCUT2D eigenvalue weighted by Crippen LogP contribution is 2.14. The summed E-state index contributed by atoms with van der Waals surface area (Å²) in [6, 6.07) is 0. The number of aromatic nitrogens is 3. The van der Waals surface area contributed by atoms with Gasteiger partial charge in [-0.25, -0.2) is 9.48 Å². The van der Waals surface area contributed by atoms with Gasteiger partial charge >= 0.3 is 5.97 Å². The Kier molecular flexibility index (Phi) is 3.78. The minimum Gasteiger partial charge on any atom is -0.455 e. The second-order valence-electron chi connectivity index (χ2n) is 5.92. The molecule has 1 aliphatic rings. The van der Waals surface area contributed by atoms with Crippen molar-refractivity contribution in [1.29, 1.82) is 0 Å². The zero-order valence-corrected chi connectivity index (χ0v) is 12.3. The van der Waals surface area contributed by atoms with Gasteiger partial charge in [0.15, 0.2) is 5.69 Å². The van der Waals surface area contributed by atoms with Gasteiger partial charge in [-0.1, -0.05) is 5.21 Å². The minimum atomic E-state index is -0.583. The molecule has 110 valence electrons. The average Bonchev–Trinajstić information content (AvgIpc) is 2.55. The molecule has 1 aromatic heterocycles. The molecule has 1 aliphatic heterocycles. The number of amides is 1. The molecule has 0 radical (unpaired) electrons. The quantitative estimate of drug-likeness (QED) is 0.764. The van der Waals surface area contributed by atoms with E-state index in [9.17, 15) is 9.59 Å². The Morgan fingerprint density at radius 2 is 1.95 bits per heavy atom. The molecule has 7 heteroatoms. The van der Waals surface area contributed by atoms with E-state index < -0.39 is 11.6 Å². The summed E-state index contributed by atoms with van der Waals surface area (Å²) in [7, 11) is 0. The number of esters is 1. The third-order valence-electron chi connectivity index (χ3n) is 3.07. The Balaban J connectivity index is 2.06. The summed E-state index contributed by atoms with van der Waals surface area (Å²) in [4.78, 5) is 25.6. The van der Waals surface area contributed by atoms with Crippen LogP contribution in [0.1, 0.15) is 43.4 Å². The molecule has 2 rings (SSSR count). The van der Waals surface area contributed by atoms with Crippen LogP contribution in [0.4, 0.5) is 0 Å². The lowest BCUT2D eigenvalue weighted by Gasteiger charge is -2.30. The van der Waals surface area contributed by atoms with Crippen LogP contribution < -0.4 is 0 Å². The first-order valence-electron chi connectivity index (χ1n) is 6.69. The van der Waals surface area contributed by atoms with Gasteiger partial charge in [-0.3, -0.25) is 4.79 Å². The molecular weight excluding hydrogens is 260 g/mol. The molecule has 0 N–H and O–H groups in total. The summed E-state index contributed by atoms with van der Waals surface area (Å²) in [5, 5.41) is 7.69. The Morgan fingerprint density at radius 3 is 2.45 bits per heavy atom. The number of ether oxygens (including phenoxy) is 1. The van der Waals surface area contributed by atoms with E-state index in [-0.39, 0.29) is 18.1 Å². The average molecular weight is 280 g/mol. The number of hydrogen-bond donors (Lipinski definition) is 0. The molecule has 1 amide bonds. The fourth-order valence-corrected chi connectivity index (χ4v) is 1.82. The van der Waals surface area contributed by atoms with Crippen LogP contribution in [0.2, 0.25) is 0 Å². The highest BCUT2D eigenvalue weighted by Gasteiger charge is 2.26. The SMILES string of the molecule is Cc1c(C(=O)OC(C)(C)C)nnn1CC(=O)N1CCC1. The van der Waals surface area contributed by atoms with Crippen molar-refractivity contribution >= 4 is 11.9 Å². The number of carbonyl (C=O) groups excluding carboxylic acids is 2. The lowest BCUT2D eigenvalue weighted by molar-refractivity contribution is -0.135. The first-order valence-corrected chi connectivity index (χ1v) is 6.69. The summed E-state index contributed by atoms with van der Waals surface area (Å²) in [6.07, 6.45) is 1.05.